The fourth-order valence-corrected chi connectivity index (χ4v) is 8.44. The van der Waals surface area contributed by atoms with Gasteiger partial charge in [0.1, 0.15) is 0 Å². The summed E-state index contributed by atoms with van der Waals surface area (Å²) >= 11 is 3.57. The quantitative estimate of drug-likeness (QED) is 0.195. The Balaban J connectivity index is 1.33. The monoisotopic (exact) mass is 568 g/mol. The molecule has 194 valence electrons. The van der Waals surface area contributed by atoms with E-state index in [0.29, 0.717) is 11.3 Å². The van der Waals surface area contributed by atoms with Crippen LogP contribution in [0.25, 0.3) is 78.6 Å². The molecule has 0 unspecified atom stereocenters. The Morgan fingerprint density at radius 2 is 1.00 bits per heavy atom. The third kappa shape index (κ3) is 3.90. The Labute approximate surface area is 250 Å². The molecule has 0 radical (unpaired) electrons. The molecule has 0 saturated heterocycles. The van der Waals surface area contributed by atoms with Crippen molar-refractivity contribution >= 4 is 68.7 Å². The highest BCUT2D eigenvalue weighted by Crippen LogP contribution is 2.43. The molecule has 42 heavy (non-hydrogen) atoms. The van der Waals surface area contributed by atoms with Gasteiger partial charge in [0.25, 0.3) is 0 Å². The summed E-state index contributed by atoms with van der Waals surface area (Å²) in [4.78, 5) is 3.84. The van der Waals surface area contributed by atoms with Gasteiger partial charge in [-0.1, -0.05) is 72.8 Å². The number of hydrogen-bond donors (Lipinski definition) is 0. The lowest BCUT2D eigenvalue weighted by molar-refractivity contribution is 1.48. The lowest BCUT2D eigenvalue weighted by atomic mass is 9.93. The van der Waals surface area contributed by atoms with Crippen LogP contribution in [0.3, 0.4) is 0 Å². The van der Waals surface area contributed by atoms with Crippen molar-refractivity contribution in [2.24, 2.45) is 0 Å². The molecule has 0 N–H and O–H groups in total. The molecule has 0 aliphatic rings. The van der Waals surface area contributed by atoms with Gasteiger partial charge in [0.05, 0.1) is 18.2 Å². The molecule has 8 rings (SSSR count). The third-order valence-corrected chi connectivity index (χ3v) is 10.3. The van der Waals surface area contributed by atoms with Gasteiger partial charge in [0.15, 0.2) is 5.69 Å². The van der Waals surface area contributed by atoms with Crippen LogP contribution in [0, 0.1) is 17.9 Å². The van der Waals surface area contributed by atoms with E-state index in [1.54, 1.807) is 22.7 Å². The van der Waals surface area contributed by atoms with Gasteiger partial charge in [0.2, 0.25) is 0 Å². The summed E-state index contributed by atoms with van der Waals surface area (Å²) in [6.45, 7) is 7.89. The molecule has 0 aliphatic heterocycles. The number of fused-ring (bicyclic) bond motifs is 6. The molecule has 2 nitrogen and oxygen atoms in total. The molecule has 2 aromatic heterocycles. The Hall–Kier alpha value is -5.26. The number of hydrogen-bond acceptors (Lipinski definition) is 3. The Kier molecular flexibility index (Phi) is 5.66. The van der Waals surface area contributed by atoms with E-state index in [9.17, 15) is 5.26 Å². The Morgan fingerprint density at radius 1 is 0.524 bits per heavy atom. The minimum Gasteiger partial charge on any atom is -0.238 e. The third-order valence-electron chi connectivity index (χ3n) is 7.87. The maximum atomic E-state index is 10.0. The summed E-state index contributed by atoms with van der Waals surface area (Å²) in [5.41, 5.74) is 7.28. The van der Waals surface area contributed by atoms with Crippen LogP contribution in [-0.4, -0.2) is 0 Å². The van der Waals surface area contributed by atoms with Crippen LogP contribution in [0.4, 0.5) is 5.69 Å². The largest absolute Gasteiger partial charge is 0.238 e. The first kappa shape index (κ1) is 24.5. The number of rotatable bonds is 3. The zero-order chi connectivity index (χ0) is 28.2. The van der Waals surface area contributed by atoms with Gasteiger partial charge in [-0.2, -0.15) is 5.26 Å². The maximum Gasteiger partial charge on any atom is 0.188 e. The highest BCUT2D eigenvalue weighted by Gasteiger charge is 2.15. The lowest BCUT2D eigenvalue weighted by Gasteiger charge is -2.12. The summed E-state index contributed by atoms with van der Waals surface area (Å²) in [5, 5.41) is 15.0. The van der Waals surface area contributed by atoms with Crippen LogP contribution in [0.2, 0.25) is 0 Å². The van der Waals surface area contributed by atoms with E-state index in [1.165, 1.54) is 40.3 Å². The van der Waals surface area contributed by atoms with Crippen LogP contribution in [0.1, 0.15) is 5.56 Å². The second kappa shape index (κ2) is 9.68. The highest BCUT2D eigenvalue weighted by atomic mass is 32.1. The number of nitriles is 1. The first-order chi connectivity index (χ1) is 20.7. The molecule has 0 spiro atoms. The predicted octanol–water partition coefficient (Wildman–Crippen LogP) is 11.8. The number of benzene rings is 6. The van der Waals surface area contributed by atoms with Crippen molar-refractivity contribution in [1.82, 2.24) is 0 Å². The molecule has 8 aromatic rings. The standard InChI is InChI=1S/C38H20N2S2/c1-40-28-20-25(19-27(21-28)30-11-7-13-34-32-9-3-5-15-36(32)42-38(30)34)24-16-23(22-39)17-26(18-24)29-10-6-12-33-31-8-2-4-14-35(31)41-37(29)33/h2-21H. The fourth-order valence-electron chi connectivity index (χ4n) is 5.96. The first-order valence-electron chi connectivity index (χ1n) is 13.6. The molecule has 6 aromatic carbocycles. The SMILES string of the molecule is [C-]#[N+]c1cc(-c2cc(C#N)cc(-c3cccc4c3sc3ccccc34)c2)cc(-c2cccc3c2sc2ccccc23)c1. The predicted molar refractivity (Wildman–Crippen MR) is 180 cm³/mol. The fraction of sp³-hybridized carbons (Fsp3) is 0. The topological polar surface area (TPSA) is 28.1 Å². The molecule has 0 aliphatic carbocycles. The van der Waals surface area contributed by atoms with Crippen molar-refractivity contribution < 1.29 is 0 Å². The molecule has 0 atom stereocenters. The number of nitrogens with zero attached hydrogens (tertiary/aromatic N) is 2. The Bertz CT molecular complexity index is 2270. The second-order valence-electron chi connectivity index (χ2n) is 10.4. The molecule has 0 saturated carbocycles. The van der Waals surface area contributed by atoms with E-state index in [0.717, 1.165) is 33.4 Å². The first-order valence-corrected chi connectivity index (χ1v) is 15.2. The van der Waals surface area contributed by atoms with Crippen molar-refractivity contribution in [1.29, 1.82) is 5.26 Å². The summed E-state index contributed by atoms with van der Waals surface area (Å²) in [6.07, 6.45) is 0. The van der Waals surface area contributed by atoms with E-state index in [1.807, 2.05) is 24.3 Å². The minimum atomic E-state index is 0.580. The zero-order valence-corrected chi connectivity index (χ0v) is 23.9. The summed E-state index contributed by atoms with van der Waals surface area (Å²) < 4.78 is 4.94. The van der Waals surface area contributed by atoms with Gasteiger partial charge in [0, 0.05) is 40.3 Å². The van der Waals surface area contributed by atoms with Gasteiger partial charge >= 0.3 is 0 Å². The van der Waals surface area contributed by atoms with Crippen LogP contribution in [0.15, 0.2) is 121 Å². The summed E-state index contributed by atoms with van der Waals surface area (Å²) in [5.74, 6) is 0. The maximum absolute atomic E-state index is 10.0. The highest BCUT2D eigenvalue weighted by molar-refractivity contribution is 7.26. The summed E-state index contributed by atoms with van der Waals surface area (Å²) in [6, 6.07) is 44.3. The molecule has 0 fully saturated rings. The second-order valence-corrected chi connectivity index (χ2v) is 12.5. The van der Waals surface area contributed by atoms with Crippen molar-refractivity contribution in [3.63, 3.8) is 0 Å². The van der Waals surface area contributed by atoms with E-state index in [2.05, 4.69) is 108 Å². The van der Waals surface area contributed by atoms with E-state index in [-0.39, 0.29) is 0 Å². The lowest BCUT2D eigenvalue weighted by Crippen LogP contribution is -1.87. The van der Waals surface area contributed by atoms with E-state index in [4.69, 9.17) is 6.57 Å². The van der Waals surface area contributed by atoms with Crippen LogP contribution < -0.4 is 0 Å². The number of thiophene rings is 2. The smallest absolute Gasteiger partial charge is 0.188 e. The zero-order valence-electron chi connectivity index (χ0n) is 22.3. The molecule has 4 heteroatoms. The molecular weight excluding hydrogens is 549 g/mol. The van der Waals surface area contributed by atoms with Gasteiger partial charge in [-0.3, -0.25) is 0 Å². The molecule has 0 amide bonds. The van der Waals surface area contributed by atoms with Crippen molar-refractivity contribution in [3.05, 3.63) is 138 Å². The van der Waals surface area contributed by atoms with Gasteiger partial charge in [-0.05, 0) is 81.9 Å². The average molecular weight is 569 g/mol. The minimum absolute atomic E-state index is 0.580. The average Bonchev–Trinajstić information content (AvgIpc) is 3.63. The molecule has 2 heterocycles. The van der Waals surface area contributed by atoms with Crippen molar-refractivity contribution in [3.8, 4) is 39.4 Å². The van der Waals surface area contributed by atoms with Crippen LogP contribution >= 0.6 is 22.7 Å². The van der Waals surface area contributed by atoms with Crippen molar-refractivity contribution in [2.75, 3.05) is 0 Å². The van der Waals surface area contributed by atoms with Crippen LogP contribution in [0.5, 0.6) is 0 Å². The molecule has 0 bridgehead atoms. The van der Waals surface area contributed by atoms with Gasteiger partial charge < -0.3 is 0 Å². The van der Waals surface area contributed by atoms with Gasteiger partial charge in [-0.25, -0.2) is 4.85 Å². The normalized spacial score (nSPS) is 11.3. The van der Waals surface area contributed by atoms with E-state index < -0.39 is 0 Å². The molecular formula is C38H20N2S2. The summed E-state index contributed by atoms with van der Waals surface area (Å²) in [7, 11) is 0. The van der Waals surface area contributed by atoms with E-state index >= 15 is 0 Å². The van der Waals surface area contributed by atoms with Crippen LogP contribution in [-0.2, 0) is 0 Å². The van der Waals surface area contributed by atoms with Crippen molar-refractivity contribution in [2.45, 2.75) is 0 Å². The Morgan fingerprint density at radius 3 is 1.57 bits per heavy atom. The van der Waals surface area contributed by atoms with Gasteiger partial charge in [-0.15, -0.1) is 22.7 Å².